The molecule has 1 atom stereocenters. The second-order valence-corrected chi connectivity index (χ2v) is 7.57. The number of hydrogen-bond acceptors (Lipinski definition) is 4. The molecule has 5 rings (SSSR count). The number of hydrogen-bond donors (Lipinski definition) is 0. The molecule has 3 aliphatic rings. The van der Waals surface area contributed by atoms with Gasteiger partial charge in [-0.1, -0.05) is 29.4 Å². The first-order chi connectivity index (χ1) is 12.3. The van der Waals surface area contributed by atoms with E-state index in [1.807, 2.05) is 11.0 Å². The Morgan fingerprint density at radius 2 is 1.96 bits per heavy atom. The maximum absolute atomic E-state index is 12.7. The lowest BCUT2D eigenvalue weighted by Crippen LogP contribution is -2.41. The fourth-order valence-corrected chi connectivity index (χ4v) is 4.17. The number of fused-ring (bicyclic) bond motifs is 1. The average molecular weight is 337 g/mol. The van der Waals surface area contributed by atoms with Gasteiger partial charge in [-0.2, -0.15) is 0 Å². The lowest BCUT2D eigenvalue weighted by molar-refractivity contribution is 0.0763. The Morgan fingerprint density at radius 3 is 2.80 bits per heavy atom. The quantitative estimate of drug-likeness (QED) is 0.864. The van der Waals surface area contributed by atoms with Gasteiger partial charge in [0.1, 0.15) is 5.76 Å². The van der Waals surface area contributed by atoms with Gasteiger partial charge in [0, 0.05) is 44.2 Å². The van der Waals surface area contributed by atoms with Gasteiger partial charge in [0.05, 0.1) is 0 Å². The molecule has 0 radical (unpaired) electrons. The molecule has 1 aliphatic carbocycles. The van der Waals surface area contributed by atoms with Crippen LogP contribution in [-0.2, 0) is 13.0 Å². The number of rotatable bonds is 3. The van der Waals surface area contributed by atoms with Crippen LogP contribution in [0.4, 0.5) is 0 Å². The molecule has 1 saturated heterocycles. The predicted molar refractivity (Wildman–Crippen MR) is 93.3 cm³/mol. The molecule has 1 aromatic carbocycles. The van der Waals surface area contributed by atoms with Crippen molar-refractivity contribution in [1.29, 1.82) is 0 Å². The van der Waals surface area contributed by atoms with E-state index in [9.17, 15) is 4.79 Å². The van der Waals surface area contributed by atoms with Gasteiger partial charge in [-0.25, -0.2) is 0 Å². The molecule has 5 heteroatoms. The molecule has 2 fully saturated rings. The highest BCUT2D eigenvalue weighted by molar-refractivity contribution is 5.92. The van der Waals surface area contributed by atoms with Gasteiger partial charge in [0.2, 0.25) is 0 Å². The third-order valence-corrected chi connectivity index (χ3v) is 5.85. The molecule has 1 saturated carbocycles. The Labute approximate surface area is 147 Å². The summed E-state index contributed by atoms with van der Waals surface area (Å²) in [7, 11) is 0. The fourth-order valence-electron chi connectivity index (χ4n) is 4.17. The summed E-state index contributed by atoms with van der Waals surface area (Å²) in [5, 5.41) is 4.01. The van der Waals surface area contributed by atoms with Gasteiger partial charge < -0.3 is 9.42 Å². The second kappa shape index (κ2) is 5.99. The van der Waals surface area contributed by atoms with Crippen molar-refractivity contribution in [2.75, 3.05) is 19.6 Å². The molecular formula is C20H23N3O2. The first kappa shape index (κ1) is 15.1. The van der Waals surface area contributed by atoms with Crippen LogP contribution in [0.2, 0.25) is 0 Å². The number of likely N-dealkylation sites (tertiary alicyclic amines) is 1. The zero-order valence-electron chi connectivity index (χ0n) is 14.4. The van der Waals surface area contributed by atoms with Crippen LogP contribution in [0.5, 0.6) is 0 Å². The maximum atomic E-state index is 12.7. The van der Waals surface area contributed by atoms with E-state index in [1.54, 1.807) is 0 Å². The van der Waals surface area contributed by atoms with E-state index in [0.717, 1.165) is 57.6 Å². The molecule has 1 aromatic heterocycles. The summed E-state index contributed by atoms with van der Waals surface area (Å²) in [5.41, 5.74) is 3.38. The van der Waals surface area contributed by atoms with Crippen LogP contribution in [0, 0.1) is 0 Å². The van der Waals surface area contributed by atoms with Crippen molar-refractivity contribution in [3.05, 3.63) is 52.9 Å². The van der Waals surface area contributed by atoms with Gasteiger partial charge in [-0.3, -0.25) is 9.69 Å². The zero-order valence-corrected chi connectivity index (χ0v) is 14.4. The van der Waals surface area contributed by atoms with E-state index >= 15 is 0 Å². The molecule has 1 unspecified atom stereocenters. The standard InChI is InChI=1S/C20H23N3O2/c24-20(18-11-19(25-21-18)15-5-6-15)23-10-8-17(13-23)22-9-7-14-3-1-2-4-16(14)12-22/h1-4,11,15,17H,5-10,12-13H2. The fraction of sp³-hybridized carbons (Fsp3) is 0.500. The Kier molecular flexibility index (Phi) is 3.63. The van der Waals surface area contributed by atoms with Gasteiger partial charge in [-0.15, -0.1) is 0 Å². The van der Waals surface area contributed by atoms with Crippen LogP contribution in [0.3, 0.4) is 0 Å². The van der Waals surface area contributed by atoms with Crippen molar-refractivity contribution in [1.82, 2.24) is 15.0 Å². The molecule has 3 heterocycles. The highest BCUT2D eigenvalue weighted by Crippen LogP contribution is 2.40. The number of carbonyl (C=O) groups excluding carboxylic acids is 1. The van der Waals surface area contributed by atoms with E-state index in [4.69, 9.17) is 4.52 Å². The molecule has 1 amide bonds. The lowest BCUT2D eigenvalue weighted by Gasteiger charge is -2.33. The smallest absolute Gasteiger partial charge is 0.276 e. The number of aromatic nitrogens is 1. The van der Waals surface area contributed by atoms with Crippen LogP contribution >= 0.6 is 0 Å². The number of carbonyl (C=O) groups is 1. The van der Waals surface area contributed by atoms with Crippen LogP contribution < -0.4 is 0 Å². The summed E-state index contributed by atoms with van der Waals surface area (Å²) in [6.45, 7) is 3.69. The molecule has 2 aliphatic heterocycles. The first-order valence-electron chi connectivity index (χ1n) is 9.34. The Bertz CT molecular complexity index is 796. The van der Waals surface area contributed by atoms with Gasteiger partial charge in [0.15, 0.2) is 5.69 Å². The minimum atomic E-state index is 0.0237. The van der Waals surface area contributed by atoms with Gasteiger partial charge in [-0.05, 0) is 36.8 Å². The minimum absolute atomic E-state index is 0.0237. The van der Waals surface area contributed by atoms with E-state index in [-0.39, 0.29) is 5.91 Å². The summed E-state index contributed by atoms with van der Waals surface area (Å²) in [4.78, 5) is 17.2. The Morgan fingerprint density at radius 1 is 1.12 bits per heavy atom. The molecule has 2 aromatic rings. The molecule has 0 bridgehead atoms. The monoisotopic (exact) mass is 337 g/mol. The zero-order chi connectivity index (χ0) is 16.8. The van der Waals surface area contributed by atoms with E-state index < -0.39 is 0 Å². The van der Waals surface area contributed by atoms with Gasteiger partial charge >= 0.3 is 0 Å². The van der Waals surface area contributed by atoms with Crippen molar-refractivity contribution in [3.63, 3.8) is 0 Å². The maximum Gasteiger partial charge on any atom is 0.276 e. The van der Waals surface area contributed by atoms with E-state index in [1.165, 1.54) is 11.1 Å². The van der Waals surface area contributed by atoms with Crippen molar-refractivity contribution < 1.29 is 9.32 Å². The Balaban J connectivity index is 1.24. The molecule has 130 valence electrons. The third-order valence-electron chi connectivity index (χ3n) is 5.85. The predicted octanol–water partition coefficient (Wildman–Crippen LogP) is 2.82. The van der Waals surface area contributed by atoms with Crippen molar-refractivity contribution in [3.8, 4) is 0 Å². The van der Waals surface area contributed by atoms with Gasteiger partial charge in [0.25, 0.3) is 5.91 Å². The molecule has 25 heavy (non-hydrogen) atoms. The molecule has 0 spiro atoms. The van der Waals surface area contributed by atoms with Crippen LogP contribution in [0.15, 0.2) is 34.9 Å². The van der Waals surface area contributed by atoms with E-state index in [2.05, 4.69) is 34.3 Å². The SMILES string of the molecule is O=C(c1cc(C2CC2)on1)N1CCC(N2CCc3ccccc3C2)C1. The highest BCUT2D eigenvalue weighted by atomic mass is 16.5. The summed E-state index contributed by atoms with van der Waals surface area (Å²) in [5.74, 6) is 1.40. The number of nitrogens with zero attached hydrogens (tertiary/aromatic N) is 3. The minimum Gasteiger partial charge on any atom is -0.360 e. The molecular weight excluding hydrogens is 314 g/mol. The Hall–Kier alpha value is -2.14. The van der Waals surface area contributed by atoms with Crippen LogP contribution in [0.25, 0.3) is 0 Å². The highest BCUT2D eigenvalue weighted by Gasteiger charge is 2.34. The molecule has 5 nitrogen and oxygen atoms in total. The number of benzene rings is 1. The average Bonchev–Trinajstić information content (AvgIpc) is 3.19. The number of amides is 1. The van der Waals surface area contributed by atoms with Crippen LogP contribution in [0.1, 0.15) is 52.6 Å². The molecule has 0 N–H and O–H groups in total. The second-order valence-electron chi connectivity index (χ2n) is 7.57. The van der Waals surface area contributed by atoms with Crippen molar-refractivity contribution >= 4 is 5.91 Å². The summed E-state index contributed by atoms with van der Waals surface area (Å²) >= 11 is 0. The largest absolute Gasteiger partial charge is 0.360 e. The van der Waals surface area contributed by atoms with Crippen LogP contribution in [-0.4, -0.2) is 46.5 Å². The normalized spacial score (nSPS) is 23.7. The van der Waals surface area contributed by atoms with Crippen molar-refractivity contribution in [2.24, 2.45) is 0 Å². The van der Waals surface area contributed by atoms with E-state index in [0.29, 0.717) is 17.7 Å². The third kappa shape index (κ3) is 2.86. The summed E-state index contributed by atoms with van der Waals surface area (Å²) < 4.78 is 5.34. The topological polar surface area (TPSA) is 49.6 Å². The lowest BCUT2D eigenvalue weighted by atomic mass is 9.98. The van der Waals surface area contributed by atoms with Crippen molar-refractivity contribution in [2.45, 2.75) is 44.2 Å². The summed E-state index contributed by atoms with van der Waals surface area (Å²) in [6, 6.07) is 11.0. The summed E-state index contributed by atoms with van der Waals surface area (Å²) in [6.07, 6.45) is 4.46. The first-order valence-corrected chi connectivity index (χ1v) is 9.34.